The molecule has 1 aromatic heterocycles. The first-order chi connectivity index (χ1) is 12.4. The maximum atomic E-state index is 5.21. The second-order valence-electron chi connectivity index (χ2n) is 7.26. The lowest BCUT2D eigenvalue weighted by Gasteiger charge is -2.19. The molecule has 0 aliphatic carbocycles. The van der Waals surface area contributed by atoms with Crippen LogP contribution in [0.2, 0.25) is 0 Å². The van der Waals surface area contributed by atoms with Gasteiger partial charge in [-0.2, -0.15) is 0 Å². The van der Waals surface area contributed by atoms with Crippen LogP contribution in [0.4, 0.5) is 0 Å². The van der Waals surface area contributed by atoms with Gasteiger partial charge in [-0.05, 0) is 50.7 Å². The van der Waals surface area contributed by atoms with Gasteiger partial charge in [-0.25, -0.2) is 0 Å². The van der Waals surface area contributed by atoms with E-state index in [2.05, 4.69) is 65.8 Å². The highest BCUT2D eigenvalue weighted by molar-refractivity contribution is 14.0. The van der Waals surface area contributed by atoms with Gasteiger partial charge in [-0.3, -0.25) is 4.99 Å². The van der Waals surface area contributed by atoms with Gasteiger partial charge in [0.25, 0.3) is 0 Å². The molecule has 0 saturated carbocycles. The van der Waals surface area contributed by atoms with Gasteiger partial charge in [0, 0.05) is 19.2 Å². The number of guanidine groups is 1. The monoisotopic (exact) mass is 484 g/mol. The van der Waals surface area contributed by atoms with Gasteiger partial charge in [0.05, 0.1) is 11.7 Å². The second-order valence-corrected chi connectivity index (χ2v) is 7.26. The molecule has 2 rings (SSSR count). The molecule has 150 valence electrons. The van der Waals surface area contributed by atoms with E-state index in [1.165, 1.54) is 16.7 Å². The number of aliphatic imine (C=N–C) groups is 1. The fourth-order valence-corrected chi connectivity index (χ4v) is 3.06. The summed E-state index contributed by atoms with van der Waals surface area (Å²) in [5.41, 5.74) is 4.77. The minimum atomic E-state index is 0. The summed E-state index contributed by atoms with van der Waals surface area (Å²) in [6, 6.07) is 9.04. The minimum Gasteiger partial charge on any atom is -0.361 e. The normalized spacial score (nSPS) is 12.6. The molecular formula is C21H33IN4O. The maximum absolute atomic E-state index is 5.21. The van der Waals surface area contributed by atoms with Gasteiger partial charge in [-0.15, -0.1) is 24.0 Å². The van der Waals surface area contributed by atoms with E-state index in [1.54, 1.807) is 7.05 Å². The summed E-state index contributed by atoms with van der Waals surface area (Å²) < 4.78 is 5.21. The van der Waals surface area contributed by atoms with Crippen molar-refractivity contribution in [2.45, 2.75) is 53.5 Å². The fraction of sp³-hybridized carbons (Fsp3) is 0.524. The Bertz CT molecular complexity index is 703. The van der Waals surface area contributed by atoms with Crippen LogP contribution in [-0.4, -0.2) is 24.7 Å². The Morgan fingerprint density at radius 3 is 2.33 bits per heavy atom. The van der Waals surface area contributed by atoms with Gasteiger partial charge in [0.2, 0.25) is 0 Å². The molecule has 5 nitrogen and oxygen atoms in total. The Kier molecular flexibility index (Phi) is 9.83. The molecule has 0 amide bonds. The molecule has 1 atom stereocenters. The molecule has 0 bridgehead atoms. The lowest BCUT2D eigenvalue weighted by molar-refractivity contribution is 0.392. The molecule has 0 aliphatic heterocycles. The summed E-state index contributed by atoms with van der Waals surface area (Å²) in [4.78, 5) is 4.33. The molecule has 0 aliphatic rings. The maximum Gasteiger partial charge on any atom is 0.191 e. The van der Waals surface area contributed by atoms with Crippen LogP contribution in [-0.2, 0) is 12.8 Å². The van der Waals surface area contributed by atoms with Crippen LogP contribution in [0, 0.1) is 19.8 Å². The molecule has 0 radical (unpaired) electrons. The average Bonchev–Trinajstić information content (AvgIpc) is 2.92. The highest BCUT2D eigenvalue weighted by Gasteiger charge is 2.11. The number of rotatable bonds is 7. The molecule has 0 fully saturated rings. The van der Waals surface area contributed by atoms with Gasteiger partial charge in [0.15, 0.2) is 5.96 Å². The van der Waals surface area contributed by atoms with Crippen LogP contribution in [0.1, 0.15) is 55.0 Å². The summed E-state index contributed by atoms with van der Waals surface area (Å²) in [5.74, 6) is 2.37. The van der Waals surface area contributed by atoms with Crippen LogP contribution >= 0.6 is 24.0 Å². The van der Waals surface area contributed by atoms with E-state index in [4.69, 9.17) is 4.52 Å². The SMILES string of the molecule is CN=C(NCCc1c(C)noc1C)NC(C)c1ccc(CC(C)C)cc1.I. The smallest absolute Gasteiger partial charge is 0.191 e. The number of nitrogens with zero attached hydrogens (tertiary/aromatic N) is 2. The van der Waals surface area contributed by atoms with Gasteiger partial charge in [-0.1, -0.05) is 43.3 Å². The van der Waals surface area contributed by atoms with Crippen molar-refractivity contribution in [1.82, 2.24) is 15.8 Å². The Morgan fingerprint density at radius 1 is 1.15 bits per heavy atom. The van der Waals surface area contributed by atoms with E-state index < -0.39 is 0 Å². The fourth-order valence-electron chi connectivity index (χ4n) is 3.06. The van der Waals surface area contributed by atoms with Crippen LogP contribution in [0.5, 0.6) is 0 Å². The first-order valence-corrected chi connectivity index (χ1v) is 9.38. The molecular weight excluding hydrogens is 451 g/mol. The van der Waals surface area contributed by atoms with E-state index in [9.17, 15) is 0 Å². The number of halogens is 1. The number of hydrogen-bond donors (Lipinski definition) is 2. The topological polar surface area (TPSA) is 62.5 Å². The number of aromatic nitrogens is 1. The summed E-state index contributed by atoms with van der Waals surface area (Å²) in [6.07, 6.45) is 1.98. The van der Waals surface area contributed by atoms with E-state index in [1.807, 2.05) is 13.8 Å². The van der Waals surface area contributed by atoms with E-state index >= 15 is 0 Å². The lowest BCUT2D eigenvalue weighted by Crippen LogP contribution is -2.39. The van der Waals surface area contributed by atoms with Gasteiger partial charge >= 0.3 is 0 Å². The van der Waals surface area contributed by atoms with Crippen molar-refractivity contribution < 1.29 is 4.52 Å². The molecule has 2 aromatic rings. The van der Waals surface area contributed by atoms with Crippen LogP contribution in [0.3, 0.4) is 0 Å². The Balaban J connectivity index is 0.00000364. The predicted molar refractivity (Wildman–Crippen MR) is 123 cm³/mol. The third kappa shape index (κ3) is 7.16. The van der Waals surface area contributed by atoms with Crippen molar-refractivity contribution in [2.24, 2.45) is 10.9 Å². The Hall–Kier alpha value is -1.57. The summed E-state index contributed by atoms with van der Waals surface area (Å²) >= 11 is 0. The molecule has 6 heteroatoms. The largest absolute Gasteiger partial charge is 0.361 e. The predicted octanol–water partition coefficient (Wildman–Crippen LogP) is 4.58. The third-order valence-corrected chi connectivity index (χ3v) is 4.55. The van der Waals surface area contributed by atoms with Gasteiger partial charge < -0.3 is 15.2 Å². The standard InChI is InChI=1S/C21H32N4O.HI/c1-14(2)13-18-7-9-19(10-8-18)15(3)24-21(22-6)23-12-11-20-16(4)25-26-17(20)5;/h7-10,14-15H,11-13H2,1-6H3,(H2,22,23,24);1H. The molecule has 2 N–H and O–H groups in total. The zero-order valence-electron chi connectivity index (χ0n) is 17.3. The number of benzene rings is 1. The number of aryl methyl sites for hydroxylation is 2. The average molecular weight is 484 g/mol. The quantitative estimate of drug-likeness (QED) is 0.343. The van der Waals surface area contributed by atoms with Crippen molar-refractivity contribution in [3.63, 3.8) is 0 Å². The van der Waals surface area contributed by atoms with Crippen molar-refractivity contribution in [1.29, 1.82) is 0 Å². The lowest BCUT2D eigenvalue weighted by atomic mass is 10.00. The summed E-state index contributed by atoms with van der Waals surface area (Å²) in [6.45, 7) is 11.4. The summed E-state index contributed by atoms with van der Waals surface area (Å²) in [5, 5.41) is 10.8. The third-order valence-electron chi connectivity index (χ3n) is 4.55. The zero-order chi connectivity index (χ0) is 19.1. The van der Waals surface area contributed by atoms with Crippen molar-refractivity contribution in [2.75, 3.05) is 13.6 Å². The van der Waals surface area contributed by atoms with Gasteiger partial charge in [0.1, 0.15) is 5.76 Å². The molecule has 1 aromatic carbocycles. The Labute approximate surface area is 180 Å². The van der Waals surface area contributed by atoms with Crippen molar-refractivity contribution in [3.05, 3.63) is 52.4 Å². The number of nitrogens with one attached hydrogen (secondary N) is 2. The van der Waals surface area contributed by atoms with Crippen molar-refractivity contribution >= 4 is 29.9 Å². The molecule has 27 heavy (non-hydrogen) atoms. The minimum absolute atomic E-state index is 0. The van der Waals surface area contributed by atoms with E-state index in [-0.39, 0.29) is 30.0 Å². The van der Waals surface area contributed by atoms with Crippen LogP contribution < -0.4 is 10.6 Å². The zero-order valence-corrected chi connectivity index (χ0v) is 19.6. The second kappa shape index (κ2) is 11.3. The van der Waals surface area contributed by atoms with Crippen LogP contribution in [0.25, 0.3) is 0 Å². The number of hydrogen-bond acceptors (Lipinski definition) is 3. The molecule has 0 spiro atoms. The molecule has 1 heterocycles. The molecule has 1 unspecified atom stereocenters. The van der Waals surface area contributed by atoms with Crippen molar-refractivity contribution in [3.8, 4) is 0 Å². The van der Waals surface area contributed by atoms with E-state index in [0.717, 1.165) is 36.8 Å². The summed E-state index contributed by atoms with van der Waals surface area (Å²) in [7, 11) is 1.80. The first kappa shape index (κ1) is 23.5. The first-order valence-electron chi connectivity index (χ1n) is 9.38. The molecule has 0 saturated heterocycles. The highest BCUT2D eigenvalue weighted by Crippen LogP contribution is 2.16. The van der Waals surface area contributed by atoms with E-state index in [0.29, 0.717) is 5.92 Å². The highest BCUT2D eigenvalue weighted by atomic mass is 127. The van der Waals surface area contributed by atoms with Crippen LogP contribution in [0.15, 0.2) is 33.8 Å². The Morgan fingerprint density at radius 2 is 1.81 bits per heavy atom.